The average molecular weight is 392 g/mol. The Bertz CT molecular complexity index is 884. The van der Waals surface area contributed by atoms with Crippen molar-refractivity contribution in [1.82, 2.24) is 9.80 Å². The van der Waals surface area contributed by atoms with Crippen LogP contribution in [0.15, 0.2) is 48.5 Å². The van der Waals surface area contributed by atoms with E-state index in [2.05, 4.69) is 24.3 Å². The van der Waals surface area contributed by atoms with Gasteiger partial charge in [0.15, 0.2) is 0 Å². The van der Waals surface area contributed by atoms with Crippen LogP contribution < -0.4 is 0 Å². The van der Waals surface area contributed by atoms with Crippen molar-refractivity contribution >= 4 is 12.0 Å². The fourth-order valence-corrected chi connectivity index (χ4v) is 4.24. The lowest BCUT2D eigenvalue weighted by molar-refractivity contribution is -0.137. The second-order valence-electron chi connectivity index (χ2n) is 8.84. The molecule has 4 rings (SSSR count). The number of hydrogen-bond acceptors (Lipinski definition) is 3. The maximum Gasteiger partial charge on any atom is 0.410 e. The number of carbonyl (C=O) groups is 2. The molecule has 1 fully saturated rings. The zero-order chi connectivity index (χ0) is 20.6. The summed E-state index contributed by atoms with van der Waals surface area (Å²) in [5, 5.41) is 0. The number of ether oxygens (including phenoxy) is 1. The van der Waals surface area contributed by atoms with Crippen LogP contribution in [-0.2, 0) is 22.6 Å². The van der Waals surface area contributed by atoms with Crippen LogP contribution in [0, 0.1) is 0 Å². The monoisotopic (exact) mass is 392 g/mol. The number of likely N-dealkylation sites (tertiary alicyclic amines) is 1. The van der Waals surface area contributed by atoms with Gasteiger partial charge in [-0.15, -0.1) is 0 Å². The molecule has 0 saturated carbocycles. The van der Waals surface area contributed by atoms with Gasteiger partial charge in [0.2, 0.25) is 5.91 Å². The maximum absolute atomic E-state index is 13.5. The number of rotatable bonds is 1. The second-order valence-corrected chi connectivity index (χ2v) is 8.84. The molecule has 0 aliphatic carbocycles. The van der Waals surface area contributed by atoms with Crippen molar-refractivity contribution in [1.29, 1.82) is 0 Å². The van der Waals surface area contributed by atoms with Gasteiger partial charge in [-0.05, 0) is 55.9 Å². The van der Waals surface area contributed by atoms with Crippen LogP contribution in [0.5, 0.6) is 0 Å². The van der Waals surface area contributed by atoms with Gasteiger partial charge in [0.1, 0.15) is 11.6 Å². The van der Waals surface area contributed by atoms with E-state index < -0.39 is 17.7 Å². The largest absolute Gasteiger partial charge is 0.444 e. The first-order chi connectivity index (χ1) is 13.8. The van der Waals surface area contributed by atoms with E-state index in [4.69, 9.17) is 4.74 Å². The van der Waals surface area contributed by atoms with Gasteiger partial charge in [-0.3, -0.25) is 9.69 Å². The summed E-state index contributed by atoms with van der Waals surface area (Å²) in [7, 11) is 0. The van der Waals surface area contributed by atoms with E-state index >= 15 is 0 Å². The van der Waals surface area contributed by atoms with Crippen molar-refractivity contribution in [2.24, 2.45) is 0 Å². The molecule has 2 aromatic carbocycles. The molecule has 0 unspecified atom stereocenters. The van der Waals surface area contributed by atoms with Crippen molar-refractivity contribution in [3.05, 3.63) is 59.7 Å². The van der Waals surface area contributed by atoms with Gasteiger partial charge in [0.25, 0.3) is 0 Å². The van der Waals surface area contributed by atoms with Crippen molar-refractivity contribution in [2.45, 2.75) is 58.3 Å². The Balaban J connectivity index is 1.62. The number of nitrogens with zero attached hydrogens (tertiary/aromatic N) is 2. The molecular formula is C24H28N2O3. The number of benzene rings is 2. The summed E-state index contributed by atoms with van der Waals surface area (Å²) in [5.41, 5.74) is 4.04. The standard InChI is InChI=1S/C24H28N2O3/c1-24(2,3)29-23(28)26-14-8-13-21(26)22(27)25-15-17-9-4-6-11-19(17)20-12-7-5-10-18(20)16-25/h4-7,9-12,21H,8,13-16H2,1-3H3/t21-/m0/s1. The Morgan fingerprint density at radius 1 is 0.931 bits per heavy atom. The van der Waals surface area contributed by atoms with Crippen LogP contribution in [0.1, 0.15) is 44.7 Å². The zero-order valence-electron chi connectivity index (χ0n) is 17.4. The average Bonchev–Trinajstić information content (AvgIpc) is 3.10. The molecule has 5 heteroatoms. The van der Waals surface area contributed by atoms with Gasteiger partial charge in [-0.2, -0.15) is 0 Å². The van der Waals surface area contributed by atoms with Crippen LogP contribution >= 0.6 is 0 Å². The van der Waals surface area contributed by atoms with E-state index in [0.717, 1.165) is 17.5 Å². The van der Waals surface area contributed by atoms with E-state index in [1.165, 1.54) is 11.1 Å². The van der Waals surface area contributed by atoms with Crippen molar-refractivity contribution in [2.75, 3.05) is 6.54 Å². The van der Waals surface area contributed by atoms with Crippen LogP contribution in [0.2, 0.25) is 0 Å². The summed E-state index contributed by atoms with van der Waals surface area (Å²) in [5.74, 6) is -0.000125. The molecule has 2 heterocycles. The van der Waals surface area contributed by atoms with Gasteiger partial charge < -0.3 is 9.64 Å². The molecule has 0 bridgehead atoms. The molecule has 2 aliphatic heterocycles. The molecule has 29 heavy (non-hydrogen) atoms. The van der Waals surface area contributed by atoms with Gasteiger partial charge in [-0.25, -0.2) is 4.79 Å². The van der Waals surface area contributed by atoms with Gasteiger partial charge >= 0.3 is 6.09 Å². The molecular weight excluding hydrogens is 364 g/mol. The Labute approximate surface area is 172 Å². The molecule has 2 amide bonds. The van der Waals surface area contributed by atoms with Gasteiger partial charge in [0.05, 0.1) is 0 Å². The number of carbonyl (C=O) groups excluding carboxylic acids is 2. The molecule has 1 saturated heterocycles. The van der Waals surface area contributed by atoms with E-state index in [1.54, 1.807) is 4.90 Å². The highest BCUT2D eigenvalue weighted by atomic mass is 16.6. The van der Waals surface area contributed by atoms with E-state index in [-0.39, 0.29) is 5.91 Å². The molecule has 0 radical (unpaired) electrons. The molecule has 2 aromatic rings. The highest BCUT2D eigenvalue weighted by molar-refractivity contribution is 5.87. The first-order valence-electron chi connectivity index (χ1n) is 10.3. The summed E-state index contributed by atoms with van der Waals surface area (Å²) in [6.45, 7) is 7.19. The third-order valence-electron chi connectivity index (χ3n) is 5.52. The number of amides is 2. The van der Waals surface area contributed by atoms with Gasteiger partial charge in [-0.1, -0.05) is 48.5 Å². The Morgan fingerprint density at radius 2 is 1.48 bits per heavy atom. The Morgan fingerprint density at radius 3 is 2.03 bits per heavy atom. The quantitative estimate of drug-likeness (QED) is 0.713. The molecule has 2 aliphatic rings. The first kappa shape index (κ1) is 19.5. The van der Waals surface area contributed by atoms with Crippen LogP contribution in [0.3, 0.4) is 0 Å². The van der Waals surface area contributed by atoms with Crippen LogP contribution in [0.25, 0.3) is 11.1 Å². The number of hydrogen-bond donors (Lipinski definition) is 0. The highest BCUT2D eigenvalue weighted by Gasteiger charge is 2.39. The van der Waals surface area contributed by atoms with Crippen LogP contribution in [0.4, 0.5) is 4.79 Å². The smallest absolute Gasteiger partial charge is 0.410 e. The second kappa shape index (κ2) is 7.54. The molecule has 152 valence electrons. The molecule has 0 aromatic heterocycles. The lowest BCUT2D eigenvalue weighted by Crippen LogP contribution is -2.48. The summed E-state index contributed by atoms with van der Waals surface area (Å²) >= 11 is 0. The predicted molar refractivity (Wildman–Crippen MR) is 112 cm³/mol. The zero-order valence-corrected chi connectivity index (χ0v) is 17.4. The van der Waals surface area contributed by atoms with Crippen molar-refractivity contribution < 1.29 is 14.3 Å². The molecule has 0 spiro atoms. The molecule has 5 nitrogen and oxygen atoms in total. The highest BCUT2D eigenvalue weighted by Crippen LogP contribution is 2.33. The minimum Gasteiger partial charge on any atom is -0.444 e. The van der Waals surface area contributed by atoms with E-state index in [1.807, 2.05) is 49.9 Å². The van der Waals surface area contributed by atoms with E-state index in [0.29, 0.717) is 26.1 Å². The Kier molecular flexibility index (Phi) is 5.07. The molecule has 0 N–H and O–H groups in total. The fourth-order valence-electron chi connectivity index (χ4n) is 4.24. The molecule has 1 atom stereocenters. The lowest BCUT2D eigenvalue weighted by Gasteiger charge is -2.31. The fraction of sp³-hybridized carbons (Fsp3) is 0.417. The van der Waals surface area contributed by atoms with Crippen molar-refractivity contribution in [3.63, 3.8) is 0 Å². The summed E-state index contributed by atoms with van der Waals surface area (Å²) in [6.07, 6.45) is 1.10. The van der Waals surface area contributed by atoms with E-state index in [9.17, 15) is 9.59 Å². The third-order valence-corrected chi connectivity index (χ3v) is 5.52. The lowest BCUT2D eigenvalue weighted by atomic mass is 9.97. The van der Waals surface area contributed by atoms with Crippen molar-refractivity contribution in [3.8, 4) is 11.1 Å². The van der Waals surface area contributed by atoms with Crippen LogP contribution in [-0.4, -0.2) is 40.0 Å². The third kappa shape index (κ3) is 4.00. The first-order valence-corrected chi connectivity index (χ1v) is 10.3. The minimum absolute atomic E-state index is 0.000125. The Hall–Kier alpha value is -2.82. The summed E-state index contributed by atoms with van der Waals surface area (Å²) < 4.78 is 5.54. The maximum atomic E-state index is 13.5. The SMILES string of the molecule is CC(C)(C)OC(=O)N1CCC[C@H]1C(=O)N1Cc2ccccc2-c2ccccc2C1. The number of fused-ring (bicyclic) bond motifs is 3. The summed E-state index contributed by atoms with van der Waals surface area (Å²) in [6, 6.07) is 16.0. The summed E-state index contributed by atoms with van der Waals surface area (Å²) in [4.78, 5) is 29.7. The topological polar surface area (TPSA) is 49.9 Å². The minimum atomic E-state index is -0.576. The predicted octanol–water partition coefficient (Wildman–Crippen LogP) is 4.60. The van der Waals surface area contributed by atoms with Gasteiger partial charge in [0, 0.05) is 19.6 Å². The normalized spacial score (nSPS) is 18.7.